The standard InChI is InChI=1S/C27H26Cl2N2O3S/c1-16-13-22-25(24(21(16)14-23(32)33)17-3-7-19(28)8-4-17)35-26(30-22)31-11-12-34-27(2,15-31)18-5-9-20(29)10-6-18/h3-10,13,26,30H,11-12,14-15H2,1-2H3,(H,32,33). The van der Waals surface area contributed by atoms with Crippen LogP contribution in [0.1, 0.15) is 23.6 Å². The van der Waals surface area contributed by atoms with Crippen molar-refractivity contribution in [2.75, 3.05) is 25.0 Å². The Hall–Kier alpha value is -2.22. The van der Waals surface area contributed by atoms with Gasteiger partial charge in [-0.3, -0.25) is 9.69 Å². The van der Waals surface area contributed by atoms with E-state index in [1.165, 1.54) is 0 Å². The average Bonchev–Trinajstić information content (AvgIpc) is 3.24. The highest BCUT2D eigenvalue weighted by Crippen LogP contribution is 2.49. The van der Waals surface area contributed by atoms with Gasteiger partial charge in [-0.15, -0.1) is 0 Å². The molecule has 35 heavy (non-hydrogen) atoms. The molecule has 2 heterocycles. The number of ether oxygens (including phenoxy) is 1. The van der Waals surface area contributed by atoms with Crippen LogP contribution in [0.4, 0.5) is 5.69 Å². The van der Waals surface area contributed by atoms with E-state index < -0.39 is 11.6 Å². The van der Waals surface area contributed by atoms with Gasteiger partial charge in [0.1, 0.15) is 11.1 Å². The zero-order chi connectivity index (χ0) is 24.7. The number of halogens is 2. The van der Waals surface area contributed by atoms with E-state index in [0.29, 0.717) is 23.2 Å². The quantitative estimate of drug-likeness (QED) is 0.386. The average molecular weight is 529 g/mol. The van der Waals surface area contributed by atoms with Crippen LogP contribution in [0, 0.1) is 6.92 Å². The van der Waals surface area contributed by atoms with Gasteiger partial charge in [0, 0.05) is 33.6 Å². The van der Waals surface area contributed by atoms with Crippen LogP contribution in [0.15, 0.2) is 59.5 Å². The number of nitrogens with zero attached hydrogens (tertiary/aromatic N) is 1. The van der Waals surface area contributed by atoms with Crippen LogP contribution < -0.4 is 5.32 Å². The Morgan fingerprint density at radius 2 is 1.83 bits per heavy atom. The number of carboxylic acid groups (broad SMARTS) is 1. The minimum absolute atomic E-state index is 0.00561. The number of hydrogen-bond acceptors (Lipinski definition) is 5. The number of nitrogens with one attached hydrogen (secondary N) is 1. The number of anilines is 1. The fourth-order valence-corrected chi connectivity index (χ4v) is 6.48. The second kappa shape index (κ2) is 9.68. The van der Waals surface area contributed by atoms with Crippen molar-refractivity contribution in [2.45, 2.75) is 36.3 Å². The first kappa shape index (κ1) is 24.5. The van der Waals surface area contributed by atoms with Crippen LogP contribution in [-0.2, 0) is 21.6 Å². The molecule has 0 saturated carbocycles. The summed E-state index contributed by atoms with van der Waals surface area (Å²) >= 11 is 14.0. The SMILES string of the molecule is Cc1cc2c(c(-c3ccc(Cl)cc3)c1CC(=O)O)SC(N1CCOC(C)(c3ccc(Cl)cc3)C1)N2. The maximum absolute atomic E-state index is 11.7. The number of aryl methyl sites for hydroxylation is 1. The summed E-state index contributed by atoms with van der Waals surface area (Å²) in [5.74, 6) is -0.845. The normalized spacial score (nSPS) is 22.0. The van der Waals surface area contributed by atoms with Crippen molar-refractivity contribution in [1.29, 1.82) is 0 Å². The molecule has 0 aromatic heterocycles. The lowest BCUT2D eigenvalue weighted by molar-refractivity contribution is -0.136. The topological polar surface area (TPSA) is 61.8 Å². The molecule has 3 aromatic rings. The van der Waals surface area contributed by atoms with E-state index in [1.807, 2.05) is 55.5 Å². The van der Waals surface area contributed by atoms with Gasteiger partial charge in [0.25, 0.3) is 0 Å². The molecular weight excluding hydrogens is 503 g/mol. The van der Waals surface area contributed by atoms with Crippen LogP contribution in [0.5, 0.6) is 0 Å². The lowest BCUT2D eigenvalue weighted by atomic mass is 9.93. The molecule has 8 heteroatoms. The number of hydrogen-bond donors (Lipinski definition) is 2. The van der Waals surface area contributed by atoms with Crippen LogP contribution in [0.2, 0.25) is 10.0 Å². The molecule has 3 aromatic carbocycles. The van der Waals surface area contributed by atoms with Gasteiger partial charge >= 0.3 is 5.97 Å². The molecule has 2 aliphatic heterocycles. The van der Waals surface area contributed by atoms with Crippen molar-refractivity contribution in [1.82, 2.24) is 4.90 Å². The minimum Gasteiger partial charge on any atom is -0.481 e. The Labute approximate surface area is 219 Å². The Balaban J connectivity index is 1.48. The molecule has 5 rings (SSSR count). The Bertz CT molecular complexity index is 1270. The van der Waals surface area contributed by atoms with Crippen molar-refractivity contribution in [2.24, 2.45) is 0 Å². The molecule has 0 spiro atoms. The smallest absolute Gasteiger partial charge is 0.307 e. The highest BCUT2D eigenvalue weighted by molar-refractivity contribution is 8.00. The number of carbonyl (C=O) groups is 1. The summed E-state index contributed by atoms with van der Waals surface area (Å²) in [7, 11) is 0. The van der Waals surface area contributed by atoms with E-state index >= 15 is 0 Å². The number of carboxylic acids is 1. The number of benzene rings is 3. The van der Waals surface area contributed by atoms with E-state index in [0.717, 1.165) is 44.9 Å². The van der Waals surface area contributed by atoms with Gasteiger partial charge in [0.2, 0.25) is 0 Å². The van der Waals surface area contributed by atoms with Crippen molar-refractivity contribution in [3.05, 3.63) is 81.3 Å². The Kier molecular flexibility index (Phi) is 6.77. The summed E-state index contributed by atoms with van der Waals surface area (Å²) in [6, 6.07) is 17.5. The Morgan fingerprint density at radius 1 is 1.17 bits per heavy atom. The molecule has 182 valence electrons. The monoisotopic (exact) mass is 528 g/mol. The predicted octanol–water partition coefficient (Wildman–Crippen LogP) is 6.64. The summed E-state index contributed by atoms with van der Waals surface area (Å²) < 4.78 is 6.24. The van der Waals surface area contributed by atoms with Gasteiger partial charge in [0.15, 0.2) is 0 Å². The number of aliphatic carboxylic acids is 1. The highest BCUT2D eigenvalue weighted by Gasteiger charge is 2.39. The molecule has 0 bridgehead atoms. The van der Waals surface area contributed by atoms with E-state index in [2.05, 4.69) is 23.2 Å². The van der Waals surface area contributed by atoms with Crippen LogP contribution in [-0.4, -0.2) is 41.2 Å². The fraction of sp³-hybridized carbons (Fsp3) is 0.296. The third-order valence-electron chi connectivity index (χ3n) is 6.67. The molecule has 2 N–H and O–H groups in total. The predicted molar refractivity (Wildman–Crippen MR) is 143 cm³/mol. The maximum atomic E-state index is 11.7. The lowest BCUT2D eigenvalue weighted by Crippen LogP contribution is -2.52. The number of fused-ring (bicyclic) bond motifs is 1. The molecule has 0 amide bonds. The van der Waals surface area contributed by atoms with Gasteiger partial charge in [0.05, 0.1) is 18.7 Å². The third kappa shape index (κ3) is 4.91. The first-order chi connectivity index (χ1) is 16.7. The molecule has 1 fully saturated rings. The highest BCUT2D eigenvalue weighted by atomic mass is 35.5. The van der Waals surface area contributed by atoms with Gasteiger partial charge in [-0.1, -0.05) is 59.2 Å². The van der Waals surface area contributed by atoms with Gasteiger partial charge in [-0.2, -0.15) is 0 Å². The van der Waals surface area contributed by atoms with E-state index in [1.54, 1.807) is 11.8 Å². The second-order valence-corrected chi connectivity index (χ2v) is 11.1. The Morgan fingerprint density at radius 3 is 2.49 bits per heavy atom. The van der Waals surface area contributed by atoms with Gasteiger partial charge < -0.3 is 15.2 Å². The van der Waals surface area contributed by atoms with Crippen molar-refractivity contribution >= 4 is 46.6 Å². The number of morpholine rings is 1. The van der Waals surface area contributed by atoms with Crippen molar-refractivity contribution < 1.29 is 14.6 Å². The summed E-state index contributed by atoms with van der Waals surface area (Å²) in [6.07, 6.45) is -0.0332. The summed E-state index contributed by atoms with van der Waals surface area (Å²) in [5.41, 5.74) is 5.39. The molecular formula is C27H26Cl2N2O3S. The minimum atomic E-state index is -0.845. The first-order valence-corrected chi connectivity index (χ1v) is 13.1. The van der Waals surface area contributed by atoms with Crippen LogP contribution >= 0.6 is 35.0 Å². The first-order valence-electron chi connectivity index (χ1n) is 11.4. The van der Waals surface area contributed by atoms with Crippen molar-refractivity contribution in [3.63, 3.8) is 0 Å². The molecule has 0 aliphatic carbocycles. The second-order valence-electron chi connectivity index (χ2n) is 9.17. The van der Waals surface area contributed by atoms with Crippen LogP contribution in [0.3, 0.4) is 0 Å². The fourth-order valence-electron chi connectivity index (χ4n) is 4.89. The van der Waals surface area contributed by atoms with Crippen molar-refractivity contribution in [3.8, 4) is 11.1 Å². The molecule has 1 saturated heterocycles. The third-order valence-corrected chi connectivity index (χ3v) is 8.47. The van der Waals surface area contributed by atoms with E-state index in [9.17, 15) is 9.90 Å². The van der Waals surface area contributed by atoms with Gasteiger partial charge in [-0.25, -0.2) is 0 Å². The molecule has 0 radical (unpaired) electrons. The zero-order valence-electron chi connectivity index (χ0n) is 19.5. The van der Waals surface area contributed by atoms with E-state index in [-0.39, 0.29) is 11.9 Å². The number of thioether (sulfide) groups is 1. The summed E-state index contributed by atoms with van der Waals surface area (Å²) in [6.45, 7) is 6.21. The van der Waals surface area contributed by atoms with Gasteiger partial charge in [-0.05, 0) is 66.4 Å². The lowest BCUT2D eigenvalue weighted by Gasteiger charge is -2.43. The maximum Gasteiger partial charge on any atom is 0.307 e. The number of rotatable bonds is 5. The van der Waals surface area contributed by atoms with Crippen LogP contribution in [0.25, 0.3) is 11.1 Å². The molecule has 5 nitrogen and oxygen atoms in total. The molecule has 2 atom stereocenters. The largest absolute Gasteiger partial charge is 0.481 e. The molecule has 2 aliphatic rings. The summed E-state index contributed by atoms with van der Waals surface area (Å²) in [5, 5.41) is 14.7. The zero-order valence-corrected chi connectivity index (χ0v) is 21.8. The summed E-state index contributed by atoms with van der Waals surface area (Å²) in [4.78, 5) is 15.2. The van der Waals surface area contributed by atoms with E-state index in [4.69, 9.17) is 27.9 Å². The molecule has 2 unspecified atom stereocenters.